The quantitative estimate of drug-likeness (QED) is 0.462. The molecule has 0 fully saturated rings. The summed E-state index contributed by atoms with van der Waals surface area (Å²) < 4.78 is 69.9. The van der Waals surface area contributed by atoms with Crippen LogP contribution in [-0.4, -0.2) is 18.6 Å². The van der Waals surface area contributed by atoms with Crippen LogP contribution in [0.25, 0.3) is 0 Å². The molecule has 12 heavy (non-hydrogen) atoms. The number of aldehydes is 1. The zero-order valence-corrected chi connectivity index (χ0v) is 5.75. The molecule has 0 aliphatic heterocycles. The van der Waals surface area contributed by atoms with E-state index in [0.717, 1.165) is 0 Å². The number of halogens is 6. The minimum atomic E-state index is -5.60. The lowest BCUT2D eigenvalue weighted by atomic mass is 9.91. The summed E-state index contributed by atoms with van der Waals surface area (Å²) in [5, 5.41) is 0. The predicted molar refractivity (Wildman–Crippen MR) is 26.3 cm³/mol. The SMILES string of the molecule is CC(C=O)(C(F)(F)F)C(F)(F)F. The molecule has 1 nitrogen and oxygen atoms in total. The maximum absolute atomic E-state index is 11.6. The molecule has 0 N–H and O–H groups in total. The summed E-state index contributed by atoms with van der Waals surface area (Å²) in [6, 6.07) is 0. The van der Waals surface area contributed by atoms with Crippen molar-refractivity contribution in [3.8, 4) is 0 Å². The van der Waals surface area contributed by atoms with Crippen LogP contribution in [0, 0.1) is 5.41 Å². The van der Waals surface area contributed by atoms with E-state index in [9.17, 15) is 31.1 Å². The smallest absolute Gasteiger partial charge is 0.302 e. The van der Waals surface area contributed by atoms with Crippen LogP contribution in [0.3, 0.4) is 0 Å². The molecule has 0 bridgehead atoms. The van der Waals surface area contributed by atoms with E-state index in [1.807, 2.05) is 0 Å². The predicted octanol–water partition coefficient (Wildman–Crippen LogP) is 2.32. The zero-order chi connectivity index (χ0) is 10.2. The highest BCUT2D eigenvalue weighted by atomic mass is 19.4. The first-order valence-electron chi connectivity index (χ1n) is 2.66. The van der Waals surface area contributed by atoms with Gasteiger partial charge >= 0.3 is 12.4 Å². The molecule has 0 radical (unpaired) electrons. The second-order valence-electron chi connectivity index (χ2n) is 2.32. The van der Waals surface area contributed by atoms with Crippen LogP contribution >= 0.6 is 0 Å². The third kappa shape index (κ3) is 1.54. The van der Waals surface area contributed by atoms with Crippen molar-refractivity contribution in [3.05, 3.63) is 0 Å². The van der Waals surface area contributed by atoms with E-state index >= 15 is 0 Å². The summed E-state index contributed by atoms with van der Waals surface area (Å²) in [4.78, 5) is 9.68. The maximum Gasteiger partial charge on any atom is 0.409 e. The fourth-order valence-electron chi connectivity index (χ4n) is 0.294. The van der Waals surface area contributed by atoms with Gasteiger partial charge in [0.25, 0.3) is 0 Å². The van der Waals surface area contributed by atoms with Crippen LogP contribution in [0.15, 0.2) is 0 Å². The maximum atomic E-state index is 11.6. The molecule has 0 amide bonds. The van der Waals surface area contributed by atoms with E-state index in [1.165, 1.54) is 0 Å². The highest BCUT2D eigenvalue weighted by Gasteiger charge is 2.67. The number of alkyl halides is 6. The number of carbonyl (C=O) groups excluding carboxylic acids is 1. The Bertz CT molecular complexity index is 163. The zero-order valence-electron chi connectivity index (χ0n) is 5.75. The lowest BCUT2D eigenvalue weighted by Gasteiger charge is -2.28. The molecule has 0 aliphatic carbocycles. The number of hydrogen-bond acceptors (Lipinski definition) is 1. The summed E-state index contributed by atoms with van der Waals surface area (Å²) >= 11 is 0. The van der Waals surface area contributed by atoms with Crippen LogP contribution in [0.5, 0.6) is 0 Å². The third-order valence-electron chi connectivity index (χ3n) is 1.41. The van der Waals surface area contributed by atoms with E-state index < -0.39 is 24.1 Å². The highest BCUT2D eigenvalue weighted by molar-refractivity contribution is 5.61. The van der Waals surface area contributed by atoms with Gasteiger partial charge in [-0.3, -0.25) is 0 Å². The van der Waals surface area contributed by atoms with E-state index in [-0.39, 0.29) is 6.92 Å². The molecule has 72 valence electrons. The Morgan fingerprint density at radius 2 is 1.17 bits per heavy atom. The average molecular weight is 194 g/mol. The molecule has 0 saturated heterocycles. The first-order valence-corrected chi connectivity index (χ1v) is 2.66. The van der Waals surface area contributed by atoms with Gasteiger partial charge in [0.15, 0.2) is 0 Å². The Morgan fingerprint density at radius 1 is 0.917 bits per heavy atom. The monoisotopic (exact) mass is 194 g/mol. The van der Waals surface area contributed by atoms with Gasteiger partial charge in [0, 0.05) is 0 Å². The first kappa shape index (κ1) is 11.2. The highest BCUT2D eigenvalue weighted by Crippen LogP contribution is 2.48. The van der Waals surface area contributed by atoms with Gasteiger partial charge in [0.05, 0.1) is 0 Å². The Kier molecular flexibility index (Phi) is 2.47. The van der Waals surface area contributed by atoms with E-state index in [2.05, 4.69) is 0 Å². The molecule has 0 saturated carbocycles. The Morgan fingerprint density at radius 3 is 1.17 bits per heavy atom. The van der Waals surface area contributed by atoms with Crippen LogP contribution < -0.4 is 0 Å². The average Bonchev–Trinajstić information content (AvgIpc) is 1.81. The lowest BCUT2D eigenvalue weighted by Crippen LogP contribution is -2.48. The van der Waals surface area contributed by atoms with Gasteiger partial charge in [-0.25, -0.2) is 0 Å². The fraction of sp³-hybridized carbons (Fsp3) is 0.800. The minimum Gasteiger partial charge on any atom is -0.302 e. The molecule has 0 aromatic rings. The van der Waals surface area contributed by atoms with Gasteiger partial charge in [-0.2, -0.15) is 26.3 Å². The summed E-state index contributed by atoms with van der Waals surface area (Å²) in [6.07, 6.45) is -12.4. The minimum absolute atomic E-state index is 0.208. The van der Waals surface area contributed by atoms with E-state index in [1.54, 1.807) is 0 Å². The molecule has 0 aliphatic rings. The molecular weight excluding hydrogens is 190 g/mol. The van der Waals surface area contributed by atoms with Crippen LogP contribution in [0.1, 0.15) is 6.92 Å². The molecule has 0 unspecified atom stereocenters. The van der Waals surface area contributed by atoms with Gasteiger partial charge in [0.1, 0.15) is 6.29 Å². The van der Waals surface area contributed by atoms with Crippen molar-refractivity contribution in [2.75, 3.05) is 0 Å². The Balaban J connectivity index is 5.09. The van der Waals surface area contributed by atoms with Gasteiger partial charge < -0.3 is 4.79 Å². The largest absolute Gasteiger partial charge is 0.409 e. The summed E-state index contributed by atoms with van der Waals surface area (Å²) in [7, 11) is 0. The molecule has 0 heterocycles. The van der Waals surface area contributed by atoms with Gasteiger partial charge in [0.2, 0.25) is 5.41 Å². The summed E-state index contributed by atoms with van der Waals surface area (Å²) in [5.74, 6) is 0. The van der Waals surface area contributed by atoms with Gasteiger partial charge in [-0.1, -0.05) is 0 Å². The molecular formula is C5H4F6O. The van der Waals surface area contributed by atoms with Crippen molar-refractivity contribution in [1.29, 1.82) is 0 Å². The molecule has 0 aromatic heterocycles. The third-order valence-corrected chi connectivity index (χ3v) is 1.41. The first-order chi connectivity index (χ1) is 5.06. The van der Waals surface area contributed by atoms with Crippen LogP contribution in [0.4, 0.5) is 26.3 Å². The molecule has 0 aromatic carbocycles. The van der Waals surface area contributed by atoms with Crippen molar-refractivity contribution < 1.29 is 31.1 Å². The second kappa shape index (κ2) is 2.63. The Labute approximate surface area is 63.4 Å². The van der Waals surface area contributed by atoms with Crippen LogP contribution in [-0.2, 0) is 4.79 Å². The topological polar surface area (TPSA) is 17.1 Å². The number of rotatable bonds is 1. The standard InChI is InChI=1S/C5H4F6O/c1-3(2-12,4(6,7)8)5(9,10)11/h2H,1H3. The van der Waals surface area contributed by atoms with E-state index in [0.29, 0.717) is 0 Å². The van der Waals surface area contributed by atoms with Crippen molar-refractivity contribution in [2.24, 2.45) is 5.41 Å². The molecule has 0 rings (SSSR count). The second-order valence-corrected chi connectivity index (χ2v) is 2.32. The molecule has 0 spiro atoms. The van der Waals surface area contributed by atoms with Crippen molar-refractivity contribution >= 4 is 6.29 Å². The fourth-order valence-corrected chi connectivity index (χ4v) is 0.294. The summed E-state index contributed by atoms with van der Waals surface area (Å²) in [5.41, 5.74) is -4.26. The molecule has 7 heteroatoms. The normalized spacial score (nSPS) is 14.6. The number of hydrogen-bond donors (Lipinski definition) is 0. The lowest BCUT2D eigenvalue weighted by molar-refractivity contribution is -0.313. The van der Waals surface area contributed by atoms with Crippen LogP contribution in [0.2, 0.25) is 0 Å². The van der Waals surface area contributed by atoms with Crippen molar-refractivity contribution in [2.45, 2.75) is 19.3 Å². The summed E-state index contributed by atoms with van der Waals surface area (Å²) in [6.45, 7) is -0.208. The van der Waals surface area contributed by atoms with Crippen molar-refractivity contribution in [1.82, 2.24) is 0 Å². The van der Waals surface area contributed by atoms with E-state index in [4.69, 9.17) is 0 Å². The molecule has 0 atom stereocenters. The number of carbonyl (C=O) groups is 1. The van der Waals surface area contributed by atoms with Gasteiger partial charge in [-0.15, -0.1) is 0 Å². The van der Waals surface area contributed by atoms with Crippen molar-refractivity contribution in [3.63, 3.8) is 0 Å². The van der Waals surface area contributed by atoms with Gasteiger partial charge in [-0.05, 0) is 6.92 Å². The Hall–Kier alpha value is -0.750.